The van der Waals surface area contributed by atoms with Gasteiger partial charge in [-0.25, -0.2) is 0 Å². The number of ether oxygens (including phenoxy) is 1. The number of carbonyl (C=O) groups excluding carboxylic acids is 2. The van der Waals surface area contributed by atoms with Gasteiger partial charge in [0.1, 0.15) is 6.04 Å². The van der Waals surface area contributed by atoms with Gasteiger partial charge in [0.05, 0.1) is 13.2 Å². The number of halogens is 1. The van der Waals surface area contributed by atoms with Gasteiger partial charge in [-0.05, 0) is 12.8 Å². The average Bonchev–Trinajstić information content (AvgIpc) is 2.77. The zero-order valence-corrected chi connectivity index (χ0v) is 13.3. The molecule has 122 valence electrons. The molecule has 2 N–H and O–H groups in total. The Morgan fingerprint density at radius 2 is 1.90 bits per heavy atom. The summed E-state index contributed by atoms with van der Waals surface area (Å²) in [6.45, 7) is 3.90. The molecule has 7 heteroatoms. The van der Waals surface area contributed by atoms with E-state index >= 15 is 0 Å². The predicted octanol–water partition coefficient (Wildman–Crippen LogP) is 0.306. The van der Waals surface area contributed by atoms with Gasteiger partial charge < -0.3 is 20.3 Å². The fourth-order valence-corrected chi connectivity index (χ4v) is 2.63. The SMILES string of the molecule is Cl.O=C(NCCC(=O)N1CCCCCC1)C1COCCN1. The lowest BCUT2D eigenvalue weighted by molar-refractivity contribution is -0.131. The summed E-state index contributed by atoms with van der Waals surface area (Å²) in [4.78, 5) is 25.8. The molecule has 0 bridgehead atoms. The maximum Gasteiger partial charge on any atom is 0.239 e. The third-order valence-electron chi connectivity index (χ3n) is 3.84. The highest BCUT2D eigenvalue weighted by Gasteiger charge is 2.21. The number of rotatable bonds is 4. The second-order valence-electron chi connectivity index (χ2n) is 5.42. The molecule has 0 aromatic rings. The van der Waals surface area contributed by atoms with Crippen molar-refractivity contribution in [1.29, 1.82) is 0 Å². The summed E-state index contributed by atoms with van der Waals surface area (Å²) in [5.74, 6) is 0.0772. The van der Waals surface area contributed by atoms with E-state index in [0.717, 1.165) is 25.9 Å². The van der Waals surface area contributed by atoms with Crippen LogP contribution in [-0.2, 0) is 14.3 Å². The van der Waals surface area contributed by atoms with Gasteiger partial charge in [0.2, 0.25) is 11.8 Å². The van der Waals surface area contributed by atoms with E-state index in [0.29, 0.717) is 32.7 Å². The number of nitrogens with zero attached hydrogens (tertiary/aromatic N) is 1. The highest BCUT2D eigenvalue weighted by atomic mass is 35.5. The molecule has 2 rings (SSSR count). The molecule has 2 heterocycles. The van der Waals surface area contributed by atoms with Gasteiger partial charge in [-0.15, -0.1) is 12.4 Å². The predicted molar refractivity (Wildman–Crippen MR) is 82.5 cm³/mol. The van der Waals surface area contributed by atoms with Crippen LogP contribution in [0.3, 0.4) is 0 Å². The van der Waals surface area contributed by atoms with Crippen LogP contribution >= 0.6 is 12.4 Å². The van der Waals surface area contributed by atoms with Crippen molar-refractivity contribution in [3.05, 3.63) is 0 Å². The molecule has 0 radical (unpaired) electrons. The minimum atomic E-state index is -0.281. The monoisotopic (exact) mass is 319 g/mol. The number of nitrogens with one attached hydrogen (secondary N) is 2. The first kappa shape index (κ1) is 18.2. The highest BCUT2D eigenvalue weighted by molar-refractivity contribution is 5.85. The Morgan fingerprint density at radius 3 is 2.52 bits per heavy atom. The van der Waals surface area contributed by atoms with Crippen molar-refractivity contribution in [2.75, 3.05) is 39.4 Å². The minimum absolute atomic E-state index is 0. The summed E-state index contributed by atoms with van der Waals surface area (Å²) in [5, 5.41) is 5.91. The van der Waals surface area contributed by atoms with Crippen LogP contribution in [0.2, 0.25) is 0 Å². The van der Waals surface area contributed by atoms with Crippen LogP contribution in [0.1, 0.15) is 32.1 Å². The molecule has 2 fully saturated rings. The first-order valence-corrected chi connectivity index (χ1v) is 7.64. The van der Waals surface area contributed by atoms with Crippen LogP contribution in [0, 0.1) is 0 Å². The Morgan fingerprint density at radius 1 is 1.19 bits per heavy atom. The number of amides is 2. The van der Waals surface area contributed by atoms with Crippen molar-refractivity contribution in [1.82, 2.24) is 15.5 Å². The number of hydrogen-bond donors (Lipinski definition) is 2. The van der Waals surface area contributed by atoms with Gasteiger partial charge >= 0.3 is 0 Å². The molecular formula is C14H26ClN3O3. The largest absolute Gasteiger partial charge is 0.378 e. The van der Waals surface area contributed by atoms with Crippen molar-refractivity contribution < 1.29 is 14.3 Å². The summed E-state index contributed by atoms with van der Waals surface area (Å²) >= 11 is 0. The maximum absolute atomic E-state index is 12.0. The molecule has 2 amide bonds. The van der Waals surface area contributed by atoms with Gasteiger partial charge in [0, 0.05) is 32.6 Å². The Hall–Kier alpha value is -0.850. The summed E-state index contributed by atoms with van der Waals surface area (Å²) < 4.78 is 5.24. The molecule has 2 aliphatic rings. The van der Waals surface area contributed by atoms with Crippen molar-refractivity contribution in [3.8, 4) is 0 Å². The molecule has 0 aromatic carbocycles. The van der Waals surface area contributed by atoms with Gasteiger partial charge in [-0.2, -0.15) is 0 Å². The molecule has 2 aliphatic heterocycles. The van der Waals surface area contributed by atoms with Crippen LogP contribution in [0.5, 0.6) is 0 Å². The second-order valence-corrected chi connectivity index (χ2v) is 5.42. The third-order valence-corrected chi connectivity index (χ3v) is 3.84. The summed E-state index contributed by atoms with van der Waals surface area (Å²) in [6, 6.07) is -0.281. The molecule has 2 saturated heterocycles. The van der Waals surface area contributed by atoms with Crippen LogP contribution in [-0.4, -0.2) is 62.1 Å². The number of carbonyl (C=O) groups is 2. The van der Waals surface area contributed by atoms with Crippen molar-refractivity contribution in [2.24, 2.45) is 0 Å². The van der Waals surface area contributed by atoms with Crippen molar-refractivity contribution >= 4 is 24.2 Å². The Balaban J connectivity index is 0.00000220. The van der Waals surface area contributed by atoms with Gasteiger partial charge in [-0.1, -0.05) is 12.8 Å². The fourth-order valence-electron chi connectivity index (χ4n) is 2.63. The summed E-state index contributed by atoms with van der Waals surface area (Å²) in [6.07, 6.45) is 5.02. The second kappa shape index (κ2) is 9.97. The Kier molecular flexibility index (Phi) is 8.64. The summed E-state index contributed by atoms with van der Waals surface area (Å²) in [7, 11) is 0. The van der Waals surface area contributed by atoms with E-state index in [-0.39, 0.29) is 30.3 Å². The maximum atomic E-state index is 12.0. The quantitative estimate of drug-likeness (QED) is 0.782. The molecule has 1 unspecified atom stereocenters. The molecule has 21 heavy (non-hydrogen) atoms. The minimum Gasteiger partial charge on any atom is -0.378 e. The molecule has 6 nitrogen and oxygen atoms in total. The van der Waals surface area contributed by atoms with Gasteiger partial charge in [-0.3, -0.25) is 9.59 Å². The average molecular weight is 320 g/mol. The Bertz CT molecular complexity index is 327. The van der Waals surface area contributed by atoms with Crippen molar-refractivity contribution in [2.45, 2.75) is 38.1 Å². The fraction of sp³-hybridized carbons (Fsp3) is 0.857. The van der Waals surface area contributed by atoms with E-state index in [1.165, 1.54) is 12.8 Å². The van der Waals surface area contributed by atoms with E-state index in [2.05, 4.69) is 10.6 Å². The molecule has 0 saturated carbocycles. The first-order chi connectivity index (χ1) is 9.77. The van der Waals surface area contributed by atoms with E-state index < -0.39 is 0 Å². The lowest BCUT2D eigenvalue weighted by Crippen LogP contribution is -2.51. The number of likely N-dealkylation sites (tertiary alicyclic amines) is 1. The Labute approximate surface area is 132 Å². The van der Waals surface area contributed by atoms with E-state index in [1.54, 1.807) is 0 Å². The summed E-state index contributed by atoms with van der Waals surface area (Å²) in [5.41, 5.74) is 0. The molecule has 0 aliphatic carbocycles. The smallest absolute Gasteiger partial charge is 0.239 e. The van der Waals surface area contributed by atoms with E-state index in [9.17, 15) is 9.59 Å². The standard InChI is InChI=1S/C14H25N3O3.ClH/c18-13(17-8-3-1-2-4-9-17)5-6-16-14(19)12-11-20-10-7-15-12;/h12,15H,1-11H2,(H,16,19);1H. The van der Waals surface area contributed by atoms with E-state index in [4.69, 9.17) is 4.74 Å². The van der Waals surface area contributed by atoms with Crippen LogP contribution in [0.25, 0.3) is 0 Å². The lowest BCUT2D eigenvalue weighted by atomic mass is 10.2. The number of morpholine rings is 1. The lowest BCUT2D eigenvalue weighted by Gasteiger charge is -2.23. The first-order valence-electron chi connectivity index (χ1n) is 7.64. The normalized spacial score (nSPS) is 22.9. The van der Waals surface area contributed by atoms with Crippen LogP contribution < -0.4 is 10.6 Å². The molecule has 1 atom stereocenters. The van der Waals surface area contributed by atoms with Crippen molar-refractivity contribution in [3.63, 3.8) is 0 Å². The van der Waals surface area contributed by atoms with Gasteiger partial charge in [0.25, 0.3) is 0 Å². The van der Waals surface area contributed by atoms with Gasteiger partial charge in [0.15, 0.2) is 0 Å². The number of hydrogen-bond acceptors (Lipinski definition) is 4. The van der Waals surface area contributed by atoms with Crippen LogP contribution in [0.15, 0.2) is 0 Å². The zero-order valence-electron chi connectivity index (χ0n) is 12.4. The molecule has 0 aromatic heterocycles. The highest BCUT2D eigenvalue weighted by Crippen LogP contribution is 2.10. The third kappa shape index (κ3) is 6.20. The van der Waals surface area contributed by atoms with Crippen LogP contribution in [0.4, 0.5) is 0 Å². The molecule has 0 spiro atoms. The zero-order chi connectivity index (χ0) is 14.2. The van der Waals surface area contributed by atoms with E-state index in [1.807, 2.05) is 4.90 Å². The molecular weight excluding hydrogens is 294 g/mol. The topological polar surface area (TPSA) is 70.7 Å².